The average Bonchev–Trinajstić information content (AvgIpc) is 2.64. The molecule has 3 N–H and O–H groups in total. The highest BCUT2D eigenvalue weighted by Gasteiger charge is 2.21. The van der Waals surface area contributed by atoms with E-state index in [9.17, 15) is 9.90 Å². The number of carbonyl (C=O) groups excluding carboxylic acids is 1. The number of rotatable bonds is 4. The molecule has 4 heteroatoms. The van der Waals surface area contributed by atoms with Gasteiger partial charge in [-0.25, -0.2) is 0 Å². The maximum Gasteiger partial charge on any atom is 0.238 e. The molecule has 1 aromatic rings. The second kappa shape index (κ2) is 7.41. The molecule has 0 aromatic heterocycles. The number of para-hydroxylation sites is 1. The predicted octanol–water partition coefficient (Wildman–Crippen LogP) is 2.22. The zero-order valence-electron chi connectivity index (χ0n) is 12.1. The van der Waals surface area contributed by atoms with E-state index in [2.05, 4.69) is 10.6 Å². The number of hydrogen-bond donors (Lipinski definition) is 3. The third kappa shape index (κ3) is 4.32. The summed E-state index contributed by atoms with van der Waals surface area (Å²) in [7, 11) is 0. The Balaban J connectivity index is 1.81. The maximum absolute atomic E-state index is 11.9. The van der Waals surface area contributed by atoms with Gasteiger partial charge in [0.25, 0.3) is 0 Å². The first-order chi connectivity index (χ1) is 9.66. The zero-order valence-corrected chi connectivity index (χ0v) is 12.1. The van der Waals surface area contributed by atoms with Crippen molar-refractivity contribution < 1.29 is 9.90 Å². The first-order valence-electron chi connectivity index (χ1n) is 7.44. The molecule has 1 aromatic carbocycles. The first kappa shape index (κ1) is 15.0. The molecule has 1 aliphatic carbocycles. The van der Waals surface area contributed by atoms with Gasteiger partial charge in [-0.3, -0.25) is 4.79 Å². The van der Waals surface area contributed by atoms with E-state index >= 15 is 0 Å². The van der Waals surface area contributed by atoms with Gasteiger partial charge in [-0.2, -0.15) is 0 Å². The molecule has 1 amide bonds. The van der Waals surface area contributed by atoms with E-state index in [4.69, 9.17) is 0 Å². The van der Waals surface area contributed by atoms with E-state index in [0.29, 0.717) is 0 Å². The third-order valence-corrected chi connectivity index (χ3v) is 3.92. The molecular formula is C16H24N2O2. The fourth-order valence-corrected chi connectivity index (χ4v) is 2.66. The summed E-state index contributed by atoms with van der Waals surface area (Å²) in [5.74, 6) is -0.0595. The Morgan fingerprint density at radius 3 is 2.80 bits per heavy atom. The minimum Gasteiger partial charge on any atom is -0.392 e. The van der Waals surface area contributed by atoms with Gasteiger partial charge in [0.15, 0.2) is 0 Å². The lowest BCUT2D eigenvalue weighted by molar-refractivity contribution is -0.115. The Morgan fingerprint density at radius 1 is 1.25 bits per heavy atom. The molecule has 1 aliphatic rings. The smallest absolute Gasteiger partial charge is 0.238 e. The van der Waals surface area contributed by atoms with Crippen molar-refractivity contribution in [1.29, 1.82) is 0 Å². The highest BCUT2D eigenvalue weighted by Crippen LogP contribution is 2.18. The number of aliphatic hydroxyl groups is 1. The van der Waals surface area contributed by atoms with Gasteiger partial charge in [-0.15, -0.1) is 0 Å². The van der Waals surface area contributed by atoms with Crippen LogP contribution in [0.5, 0.6) is 0 Å². The van der Waals surface area contributed by atoms with Crippen molar-refractivity contribution in [2.24, 2.45) is 0 Å². The lowest BCUT2D eigenvalue weighted by Gasteiger charge is -2.21. The second-order valence-electron chi connectivity index (χ2n) is 5.56. The lowest BCUT2D eigenvalue weighted by Crippen LogP contribution is -2.42. The summed E-state index contributed by atoms with van der Waals surface area (Å²) in [5, 5.41) is 16.1. The minimum absolute atomic E-state index is 0.0418. The van der Waals surface area contributed by atoms with Crippen LogP contribution in [0.3, 0.4) is 0 Å². The molecule has 2 rings (SSSR count). The molecule has 2 unspecified atom stereocenters. The highest BCUT2D eigenvalue weighted by atomic mass is 16.3. The molecule has 0 heterocycles. The third-order valence-electron chi connectivity index (χ3n) is 3.92. The van der Waals surface area contributed by atoms with E-state index in [1.54, 1.807) is 0 Å². The SMILES string of the molecule is Cc1ccccc1NC(=O)CNC1CCCCCC1O. The van der Waals surface area contributed by atoms with Crippen LogP contribution in [-0.2, 0) is 4.79 Å². The minimum atomic E-state index is -0.330. The van der Waals surface area contributed by atoms with Gasteiger partial charge in [0.05, 0.1) is 12.6 Å². The van der Waals surface area contributed by atoms with E-state index in [1.807, 2.05) is 31.2 Å². The van der Waals surface area contributed by atoms with Crippen LogP contribution in [0, 0.1) is 6.92 Å². The van der Waals surface area contributed by atoms with Crippen LogP contribution >= 0.6 is 0 Å². The molecular weight excluding hydrogens is 252 g/mol. The molecule has 1 fully saturated rings. The van der Waals surface area contributed by atoms with Crippen molar-refractivity contribution in [3.05, 3.63) is 29.8 Å². The summed E-state index contributed by atoms with van der Waals surface area (Å²) in [5.41, 5.74) is 1.90. The molecule has 0 spiro atoms. The molecule has 1 saturated carbocycles. The molecule has 20 heavy (non-hydrogen) atoms. The van der Waals surface area contributed by atoms with Crippen LogP contribution in [0.2, 0.25) is 0 Å². The van der Waals surface area contributed by atoms with E-state index in [0.717, 1.165) is 36.9 Å². The number of hydrogen-bond acceptors (Lipinski definition) is 3. The first-order valence-corrected chi connectivity index (χ1v) is 7.44. The van der Waals surface area contributed by atoms with Crippen molar-refractivity contribution in [2.45, 2.75) is 51.2 Å². The summed E-state index contributed by atoms with van der Waals surface area (Å²) >= 11 is 0. The number of aliphatic hydroxyl groups excluding tert-OH is 1. The van der Waals surface area contributed by atoms with E-state index in [-0.39, 0.29) is 24.6 Å². The largest absolute Gasteiger partial charge is 0.392 e. The van der Waals surface area contributed by atoms with Crippen molar-refractivity contribution in [3.8, 4) is 0 Å². The number of amides is 1. The quantitative estimate of drug-likeness (QED) is 0.739. The summed E-state index contributed by atoms with van der Waals surface area (Å²) in [6, 6.07) is 7.77. The van der Waals surface area contributed by atoms with E-state index < -0.39 is 0 Å². The van der Waals surface area contributed by atoms with Crippen LogP contribution in [0.4, 0.5) is 5.69 Å². The van der Waals surface area contributed by atoms with Crippen LogP contribution in [-0.4, -0.2) is 29.7 Å². The van der Waals surface area contributed by atoms with Gasteiger partial charge in [-0.1, -0.05) is 37.5 Å². The zero-order chi connectivity index (χ0) is 14.4. The fourth-order valence-electron chi connectivity index (χ4n) is 2.66. The van der Waals surface area contributed by atoms with Gasteiger partial charge in [0, 0.05) is 11.7 Å². The molecule has 0 saturated heterocycles. The van der Waals surface area contributed by atoms with Gasteiger partial charge >= 0.3 is 0 Å². The standard InChI is InChI=1S/C16H24N2O2/c1-12-7-5-6-8-13(12)18-16(20)11-17-14-9-3-2-4-10-15(14)19/h5-8,14-15,17,19H,2-4,9-11H2,1H3,(H,18,20). The number of aryl methyl sites for hydroxylation is 1. The van der Waals surface area contributed by atoms with Crippen molar-refractivity contribution in [2.75, 3.05) is 11.9 Å². The van der Waals surface area contributed by atoms with Crippen molar-refractivity contribution in [3.63, 3.8) is 0 Å². The number of anilines is 1. The van der Waals surface area contributed by atoms with Gasteiger partial charge < -0.3 is 15.7 Å². The Labute approximate surface area is 120 Å². The lowest BCUT2D eigenvalue weighted by atomic mass is 10.1. The van der Waals surface area contributed by atoms with Crippen LogP contribution in [0.25, 0.3) is 0 Å². The summed E-state index contributed by atoms with van der Waals surface area (Å²) in [4.78, 5) is 11.9. The summed E-state index contributed by atoms with van der Waals surface area (Å²) in [6.45, 7) is 2.22. The van der Waals surface area contributed by atoms with E-state index in [1.165, 1.54) is 6.42 Å². The Morgan fingerprint density at radius 2 is 2.00 bits per heavy atom. The Bertz CT molecular complexity index is 448. The number of benzene rings is 1. The summed E-state index contributed by atoms with van der Waals surface area (Å²) < 4.78 is 0. The molecule has 0 radical (unpaired) electrons. The topological polar surface area (TPSA) is 61.4 Å². The molecule has 4 nitrogen and oxygen atoms in total. The molecule has 0 bridgehead atoms. The maximum atomic E-state index is 11.9. The van der Waals surface area contributed by atoms with Gasteiger partial charge in [-0.05, 0) is 31.4 Å². The van der Waals surface area contributed by atoms with Gasteiger partial charge in [0.1, 0.15) is 0 Å². The van der Waals surface area contributed by atoms with Gasteiger partial charge in [0.2, 0.25) is 5.91 Å². The monoisotopic (exact) mass is 276 g/mol. The van der Waals surface area contributed by atoms with Crippen LogP contribution in [0.1, 0.15) is 37.7 Å². The highest BCUT2D eigenvalue weighted by molar-refractivity contribution is 5.92. The summed E-state index contributed by atoms with van der Waals surface area (Å²) in [6.07, 6.45) is 4.81. The molecule has 110 valence electrons. The van der Waals surface area contributed by atoms with Crippen LogP contribution in [0.15, 0.2) is 24.3 Å². The van der Waals surface area contributed by atoms with Crippen molar-refractivity contribution in [1.82, 2.24) is 5.32 Å². The van der Waals surface area contributed by atoms with Crippen molar-refractivity contribution >= 4 is 11.6 Å². The number of nitrogens with one attached hydrogen (secondary N) is 2. The van der Waals surface area contributed by atoms with Crippen LogP contribution < -0.4 is 10.6 Å². The fraction of sp³-hybridized carbons (Fsp3) is 0.562. The normalized spacial score (nSPS) is 23.1. The second-order valence-corrected chi connectivity index (χ2v) is 5.56. The Kier molecular flexibility index (Phi) is 5.56. The molecule has 2 atom stereocenters. The predicted molar refractivity (Wildman–Crippen MR) is 80.7 cm³/mol. The Hall–Kier alpha value is -1.39. The number of carbonyl (C=O) groups is 1. The molecule has 0 aliphatic heterocycles. The average molecular weight is 276 g/mol.